The van der Waals surface area contributed by atoms with Gasteiger partial charge in [-0.05, 0) is 35.8 Å². The van der Waals surface area contributed by atoms with Gasteiger partial charge in [-0.25, -0.2) is 4.79 Å². The first kappa shape index (κ1) is 17.1. The van der Waals surface area contributed by atoms with Crippen molar-refractivity contribution >= 4 is 56.5 Å². The molecule has 141 valence electrons. The van der Waals surface area contributed by atoms with Crippen LogP contribution < -0.4 is 11.1 Å². The van der Waals surface area contributed by atoms with Gasteiger partial charge in [0, 0.05) is 27.2 Å². The molecule has 0 spiro atoms. The Balaban J connectivity index is 1.86. The van der Waals surface area contributed by atoms with Crippen molar-refractivity contribution in [3.05, 3.63) is 95.3 Å². The molecule has 0 aliphatic carbocycles. The predicted octanol–water partition coefficient (Wildman–Crippen LogP) is 4.28. The van der Waals surface area contributed by atoms with Crippen molar-refractivity contribution in [2.45, 2.75) is 0 Å². The van der Waals surface area contributed by atoms with Crippen LogP contribution in [0.3, 0.4) is 0 Å². The SMILES string of the molecule is O=c1oc2ccccc2c2cc3c4ccccc4n(-c4ccccc4[B]O)c3cc12. The van der Waals surface area contributed by atoms with Crippen molar-refractivity contribution in [2.24, 2.45) is 0 Å². The number of fused-ring (bicyclic) bond motifs is 6. The normalized spacial score (nSPS) is 11.6. The van der Waals surface area contributed by atoms with E-state index in [1.807, 2.05) is 66.7 Å². The van der Waals surface area contributed by atoms with Crippen LogP contribution in [0.2, 0.25) is 0 Å². The molecule has 0 unspecified atom stereocenters. The van der Waals surface area contributed by atoms with Crippen LogP contribution in [-0.2, 0) is 0 Å². The van der Waals surface area contributed by atoms with Gasteiger partial charge in [-0.2, -0.15) is 0 Å². The molecule has 0 saturated heterocycles. The van der Waals surface area contributed by atoms with Crippen LogP contribution in [0, 0.1) is 0 Å². The standard InChI is InChI=1S/C25H15BNO3/c28-25-19-14-23-18(13-17(19)16-8-2-6-12-24(16)30-25)15-7-1-4-10-21(15)27(23)22-11-5-3-9-20(22)26-29/h1-14,29H. The minimum atomic E-state index is -0.357. The maximum Gasteiger partial charge on any atom is 0.344 e. The lowest BCUT2D eigenvalue weighted by atomic mass is 9.87. The lowest BCUT2D eigenvalue weighted by molar-refractivity contribution is 0.570. The number of aromatic nitrogens is 1. The first-order valence-corrected chi connectivity index (χ1v) is 9.72. The summed E-state index contributed by atoms with van der Waals surface area (Å²) < 4.78 is 7.66. The minimum Gasteiger partial charge on any atom is -0.450 e. The highest BCUT2D eigenvalue weighted by Gasteiger charge is 2.17. The lowest BCUT2D eigenvalue weighted by Crippen LogP contribution is -2.19. The summed E-state index contributed by atoms with van der Waals surface area (Å²) >= 11 is 0. The van der Waals surface area contributed by atoms with Gasteiger partial charge in [-0.1, -0.05) is 54.6 Å². The van der Waals surface area contributed by atoms with Gasteiger partial charge in [-0.15, -0.1) is 0 Å². The molecule has 2 aromatic heterocycles. The first-order valence-electron chi connectivity index (χ1n) is 9.72. The van der Waals surface area contributed by atoms with Gasteiger partial charge in [0.15, 0.2) is 0 Å². The highest BCUT2D eigenvalue weighted by molar-refractivity contribution is 6.47. The fourth-order valence-electron chi connectivity index (χ4n) is 4.40. The zero-order valence-corrected chi connectivity index (χ0v) is 15.9. The second-order valence-corrected chi connectivity index (χ2v) is 7.34. The van der Waals surface area contributed by atoms with Crippen LogP contribution in [0.1, 0.15) is 0 Å². The van der Waals surface area contributed by atoms with E-state index in [4.69, 9.17) is 4.42 Å². The molecule has 0 aliphatic rings. The Morgan fingerprint density at radius 3 is 2.30 bits per heavy atom. The van der Waals surface area contributed by atoms with Gasteiger partial charge < -0.3 is 14.0 Å². The Bertz CT molecular complexity index is 1660. The molecule has 0 bridgehead atoms. The van der Waals surface area contributed by atoms with Crippen molar-refractivity contribution in [1.82, 2.24) is 4.57 Å². The Morgan fingerprint density at radius 1 is 0.700 bits per heavy atom. The summed E-state index contributed by atoms with van der Waals surface area (Å²) in [6.07, 6.45) is 0. The van der Waals surface area contributed by atoms with Gasteiger partial charge in [0.05, 0.1) is 16.4 Å². The van der Waals surface area contributed by atoms with E-state index in [1.54, 1.807) is 0 Å². The monoisotopic (exact) mass is 388 g/mol. The molecule has 0 fully saturated rings. The van der Waals surface area contributed by atoms with E-state index in [-0.39, 0.29) is 5.63 Å². The Kier molecular flexibility index (Phi) is 3.61. The second kappa shape index (κ2) is 6.34. The zero-order valence-electron chi connectivity index (χ0n) is 15.9. The Hall–Kier alpha value is -3.83. The minimum absolute atomic E-state index is 0.357. The number of benzene rings is 4. The quantitative estimate of drug-likeness (QED) is 0.274. The molecule has 4 nitrogen and oxygen atoms in total. The fourth-order valence-corrected chi connectivity index (χ4v) is 4.40. The van der Waals surface area contributed by atoms with E-state index in [2.05, 4.69) is 22.8 Å². The third kappa shape index (κ3) is 2.30. The highest BCUT2D eigenvalue weighted by Crippen LogP contribution is 2.35. The summed E-state index contributed by atoms with van der Waals surface area (Å²) in [7, 11) is 1.11. The van der Waals surface area contributed by atoms with Gasteiger partial charge in [0.25, 0.3) is 0 Å². The number of hydrogen-bond acceptors (Lipinski definition) is 3. The summed E-state index contributed by atoms with van der Waals surface area (Å²) in [5, 5.41) is 14.2. The largest absolute Gasteiger partial charge is 0.450 e. The smallest absolute Gasteiger partial charge is 0.344 e. The van der Waals surface area contributed by atoms with E-state index in [9.17, 15) is 9.82 Å². The molecule has 0 atom stereocenters. The van der Waals surface area contributed by atoms with E-state index < -0.39 is 0 Å². The molecule has 2 heterocycles. The van der Waals surface area contributed by atoms with Gasteiger partial charge in [-0.3, -0.25) is 0 Å². The number of rotatable bonds is 2. The van der Waals surface area contributed by atoms with Gasteiger partial charge in [0.2, 0.25) is 0 Å². The Labute approximate surface area is 171 Å². The van der Waals surface area contributed by atoms with Crippen LogP contribution in [-0.4, -0.2) is 17.1 Å². The third-order valence-corrected chi connectivity index (χ3v) is 5.73. The Morgan fingerprint density at radius 2 is 1.43 bits per heavy atom. The molecule has 6 aromatic rings. The van der Waals surface area contributed by atoms with Crippen molar-refractivity contribution in [3.8, 4) is 5.69 Å². The number of para-hydroxylation sites is 3. The van der Waals surface area contributed by atoms with Crippen molar-refractivity contribution in [2.75, 3.05) is 0 Å². The number of nitrogens with zero attached hydrogens (tertiary/aromatic N) is 1. The zero-order chi connectivity index (χ0) is 20.2. The molecular weight excluding hydrogens is 373 g/mol. The van der Waals surface area contributed by atoms with Crippen LogP contribution in [0.4, 0.5) is 0 Å². The summed E-state index contributed by atoms with van der Waals surface area (Å²) in [5.41, 5.74) is 3.66. The predicted molar refractivity (Wildman–Crippen MR) is 122 cm³/mol. The molecule has 30 heavy (non-hydrogen) atoms. The molecule has 0 aliphatic heterocycles. The second-order valence-electron chi connectivity index (χ2n) is 7.34. The summed E-state index contributed by atoms with van der Waals surface area (Å²) in [5.74, 6) is 0. The lowest BCUT2D eigenvalue weighted by Gasteiger charge is -2.12. The average molecular weight is 388 g/mol. The summed E-state index contributed by atoms with van der Waals surface area (Å²) in [4.78, 5) is 12.8. The van der Waals surface area contributed by atoms with Crippen LogP contribution in [0.5, 0.6) is 0 Å². The van der Waals surface area contributed by atoms with Crippen LogP contribution in [0.25, 0.3) is 49.2 Å². The summed E-state index contributed by atoms with van der Waals surface area (Å²) in [6, 6.07) is 27.4. The fraction of sp³-hybridized carbons (Fsp3) is 0. The maximum absolute atomic E-state index is 12.8. The maximum atomic E-state index is 12.8. The molecule has 1 radical (unpaired) electrons. The van der Waals surface area contributed by atoms with E-state index in [0.29, 0.717) is 16.4 Å². The third-order valence-electron chi connectivity index (χ3n) is 5.73. The van der Waals surface area contributed by atoms with Gasteiger partial charge >= 0.3 is 13.1 Å². The molecule has 5 heteroatoms. The molecular formula is C25H15BNO3. The van der Waals surface area contributed by atoms with Crippen molar-refractivity contribution in [3.63, 3.8) is 0 Å². The van der Waals surface area contributed by atoms with Crippen molar-refractivity contribution < 1.29 is 9.44 Å². The van der Waals surface area contributed by atoms with Gasteiger partial charge in [0.1, 0.15) is 5.58 Å². The van der Waals surface area contributed by atoms with E-state index >= 15 is 0 Å². The van der Waals surface area contributed by atoms with Crippen LogP contribution >= 0.6 is 0 Å². The molecule has 0 amide bonds. The highest BCUT2D eigenvalue weighted by atomic mass is 16.4. The van der Waals surface area contributed by atoms with E-state index in [1.165, 1.54) is 0 Å². The molecule has 1 N–H and O–H groups in total. The molecule has 4 aromatic carbocycles. The van der Waals surface area contributed by atoms with Crippen molar-refractivity contribution in [1.29, 1.82) is 0 Å². The summed E-state index contributed by atoms with van der Waals surface area (Å²) in [6.45, 7) is 0. The van der Waals surface area contributed by atoms with E-state index in [0.717, 1.165) is 45.7 Å². The molecule has 0 saturated carbocycles. The van der Waals surface area contributed by atoms with Crippen LogP contribution in [0.15, 0.2) is 94.1 Å². The number of hydrogen-bond donors (Lipinski definition) is 1. The molecule has 6 rings (SSSR count). The first-order chi connectivity index (χ1) is 14.8. The average Bonchev–Trinajstić information content (AvgIpc) is 3.11. The topological polar surface area (TPSA) is 55.4 Å².